The van der Waals surface area contributed by atoms with Crippen LogP contribution >= 0.6 is 0 Å². The van der Waals surface area contributed by atoms with Crippen LogP contribution in [0.2, 0.25) is 0 Å². The van der Waals surface area contributed by atoms with Crippen LogP contribution < -0.4 is 24.3 Å². The summed E-state index contributed by atoms with van der Waals surface area (Å²) in [5, 5.41) is 4.50. The maximum absolute atomic E-state index is 14.2. The van der Waals surface area contributed by atoms with Gasteiger partial charge in [-0.2, -0.15) is 0 Å². The number of nitrogens with zero attached hydrogens (tertiary/aromatic N) is 1. The molecule has 3 heterocycles. The molecule has 0 bridgehead atoms. The first-order chi connectivity index (χ1) is 21.5. The molecule has 226 valence electrons. The van der Waals surface area contributed by atoms with E-state index < -0.39 is 11.7 Å². The highest BCUT2D eigenvalue weighted by Gasteiger charge is 2.31. The second kappa shape index (κ2) is 12.3. The maximum atomic E-state index is 14.2. The van der Waals surface area contributed by atoms with Crippen LogP contribution in [0.4, 0.5) is 0 Å². The zero-order valence-electron chi connectivity index (χ0n) is 25.1. The number of benzene rings is 3. The minimum absolute atomic E-state index is 0.0990. The zero-order chi connectivity index (χ0) is 30.8. The van der Waals surface area contributed by atoms with Gasteiger partial charge in [0.05, 0.1) is 40.1 Å². The van der Waals surface area contributed by atoms with Crippen molar-refractivity contribution in [2.45, 2.75) is 18.9 Å². The molecule has 1 N–H and O–H groups in total. The van der Waals surface area contributed by atoms with E-state index in [9.17, 15) is 9.59 Å². The number of ether oxygens (including phenoxy) is 5. The monoisotopic (exact) mass is 594 g/mol. The summed E-state index contributed by atoms with van der Waals surface area (Å²) >= 11 is 0. The van der Waals surface area contributed by atoms with Gasteiger partial charge in [-0.25, -0.2) is 0 Å². The largest absolute Gasteiger partial charge is 0.493 e. The first-order valence-corrected chi connectivity index (χ1v) is 14.4. The van der Waals surface area contributed by atoms with Crippen LogP contribution in [0.15, 0.2) is 72.9 Å². The standard InChI is InChI=1S/C35H34N2O7/c1-40-26-13-12-23(18-27(26)41-2)31-30(21-9-6-5-7-10-21)33(34(38)35(39)36-20-24-11-8-16-44-24)37-15-14-22-17-28(42-3)29(43-4)19-25(22)32(31)37/h5-7,9-10,12-15,17-19,24H,8,11,16,20H2,1-4H3,(H,36,39). The molecular weight excluding hydrogens is 560 g/mol. The molecule has 1 aliphatic rings. The number of hydrogen-bond acceptors (Lipinski definition) is 7. The molecule has 9 nitrogen and oxygen atoms in total. The van der Waals surface area contributed by atoms with E-state index in [0.29, 0.717) is 35.2 Å². The summed E-state index contributed by atoms with van der Waals surface area (Å²) in [6.07, 6.45) is 3.50. The van der Waals surface area contributed by atoms with Gasteiger partial charge >= 0.3 is 0 Å². The highest BCUT2D eigenvalue weighted by atomic mass is 16.5. The molecule has 1 atom stereocenters. The van der Waals surface area contributed by atoms with Crippen molar-refractivity contribution in [3.8, 4) is 45.3 Å². The molecule has 9 heteroatoms. The Labute approximate surface area is 255 Å². The van der Waals surface area contributed by atoms with E-state index in [1.54, 1.807) is 32.8 Å². The van der Waals surface area contributed by atoms with Crippen LogP contribution in [0.25, 0.3) is 38.5 Å². The number of ketones is 1. The summed E-state index contributed by atoms with van der Waals surface area (Å²) in [5.41, 5.74) is 3.91. The highest BCUT2D eigenvalue weighted by molar-refractivity contribution is 6.44. The number of pyridine rings is 1. The molecule has 0 radical (unpaired) electrons. The third-order valence-electron chi connectivity index (χ3n) is 8.09. The van der Waals surface area contributed by atoms with Crippen LogP contribution in [-0.4, -0.2) is 63.8 Å². The van der Waals surface area contributed by atoms with Gasteiger partial charge in [0.15, 0.2) is 23.0 Å². The summed E-state index contributed by atoms with van der Waals surface area (Å²) in [4.78, 5) is 27.7. The van der Waals surface area contributed by atoms with Gasteiger partial charge in [-0.15, -0.1) is 0 Å². The van der Waals surface area contributed by atoms with Crippen molar-refractivity contribution in [3.63, 3.8) is 0 Å². The van der Waals surface area contributed by atoms with Crippen molar-refractivity contribution in [1.82, 2.24) is 9.72 Å². The third-order valence-corrected chi connectivity index (χ3v) is 8.09. The number of fused-ring (bicyclic) bond motifs is 3. The molecule has 1 fully saturated rings. The molecule has 1 unspecified atom stereocenters. The number of carbonyl (C=O) groups excluding carboxylic acids is 2. The second-order valence-electron chi connectivity index (χ2n) is 10.5. The average molecular weight is 595 g/mol. The number of Topliss-reactive ketones (excluding diaryl/α,β-unsaturated/α-hetero) is 1. The molecule has 1 saturated heterocycles. The molecule has 3 aromatic carbocycles. The van der Waals surface area contributed by atoms with Crippen molar-refractivity contribution < 1.29 is 33.3 Å². The van der Waals surface area contributed by atoms with Gasteiger partial charge in [0.1, 0.15) is 5.69 Å². The molecule has 1 aliphatic heterocycles. The van der Waals surface area contributed by atoms with E-state index in [-0.39, 0.29) is 18.3 Å². The SMILES string of the molecule is COc1ccc(-c2c(-c3ccccc3)c(C(=O)C(=O)NCC3CCCO3)n3ccc4cc(OC)c(OC)cc4c23)cc1OC. The first-order valence-electron chi connectivity index (χ1n) is 14.4. The van der Waals surface area contributed by atoms with Gasteiger partial charge in [0, 0.05) is 35.9 Å². The summed E-state index contributed by atoms with van der Waals surface area (Å²) in [7, 11) is 6.34. The van der Waals surface area contributed by atoms with Gasteiger partial charge < -0.3 is 33.4 Å². The van der Waals surface area contributed by atoms with Crippen molar-refractivity contribution in [2.75, 3.05) is 41.6 Å². The number of methoxy groups -OCH3 is 4. The van der Waals surface area contributed by atoms with E-state index in [0.717, 1.165) is 45.8 Å². The van der Waals surface area contributed by atoms with Gasteiger partial charge in [-0.1, -0.05) is 36.4 Å². The normalized spacial score (nSPS) is 14.5. The van der Waals surface area contributed by atoms with E-state index in [4.69, 9.17) is 23.7 Å². The average Bonchev–Trinajstić information content (AvgIpc) is 3.72. The van der Waals surface area contributed by atoms with Gasteiger partial charge in [0.2, 0.25) is 0 Å². The predicted molar refractivity (Wildman–Crippen MR) is 168 cm³/mol. The fraction of sp³-hybridized carbons (Fsp3) is 0.257. The van der Waals surface area contributed by atoms with Crippen molar-refractivity contribution in [3.05, 3.63) is 78.6 Å². The molecular formula is C35H34N2O7. The Morgan fingerprint density at radius 3 is 2.20 bits per heavy atom. The number of carbonyl (C=O) groups is 2. The Morgan fingerprint density at radius 2 is 1.52 bits per heavy atom. The molecule has 0 spiro atoms. The summed E-state index contributed by atoms with van der Waals surface area (Å²) in [6.45, 7) is 0.934. The van der Waals surface area contributed by atoms with Crippen LogP contribution in [-0.2, 0) is 9.53 Å². The lowest BCUT2D eigenvalue weighted by Crippen LogP contribution is -2.37. The van der Waals surface area contributed by atoms with E-state index >= 15 is 0 Å². The van der Waals surface area contributed by atoms with Crippen LogP contribution in [0, 0.1) is 0 Å². The summed E-state index contributed by atoms with van der Waals surface area (Å²) < 4.78 is 29.9. The minimum atomic E-state index is -0.691. The Kier molecular flexibility index (Phi) is 8.13. The minimum Gasteiger partial charge on any atom is -0.493 e. The van der Waals surface area contributed by atoms with Gasteiger partial charge in [0.25, 0.3) is 11.7 Å². The van der Waals surface area contributed by atoms with Crippen molar-refractivity contribution in [1.29, 1.82) is 0 Å². The fourth-order valence-corrected chi connectivity index (χ4v) is 5.98. The van der Waals surface area contributed by atoms with Crippen LogP contribution in [0.3, 0.4) is 0 Å². The number of amides is 1. The van der Waals surface area contributed by atoms with Gasteiger partial charge in [-0.05, 0) is 59.7 Å². The zero-order valence-corrected chi connectivity index (χ0v) is 25.1. The topological polar surface area (TPSA) is 96.7 Å². The number of nitrogens with one attached hydrogen (secondary N) is 1. The Balaban J connectivity index is 1.68. The van der Waals surface area contributed by atoms with Gasteiger partial charge in [-0.3, -0.25) is 9.59 Å². The van der Waals surface area contributed by atoms with E-state index in [1.165, 1.54) is 0 Å². The molecule has 5 aromatic rings. The number of hydrogen-bond donors (Lipinski definition) is 1. The summed E-state index contributed by atoms with van der Waals surface area (Å²) in [6, 6.07) is 20.9. The quantitative estimate of drug-likeness (QED) is 0.158. The third kappa shape index (κ3) is 5.09. The molecule has 1 amide bonds. The lowest BCUT2D eigenvalue weighted by atomic mass is 9.93. The maximum Gasteiger partial charge on any atom is 0.294 e. The lowest BCUT2D eigenvalue weighted by molar-refractivity contribution is -0.117. The van der Waals surface area contributed by atoms with Crippen LogP contribution in [0.1, 0.15) is 23.3 Å². The molecule has 0 aliphatic carbocycles. The Hall–Kier alpha value is -5.02. The molecule has 44 heavy (non-hydrogen) atoms. The predicted octanol–water partition coefficient (Wildman–Crippen LogP) is 5.94. The molecule has 6 rings (SSSR count). The lowest BCUT2D eigenvalue weighted by Gasteiger charge is -2.13. The smallest absolute Gasteiger partial charge is 0.294 e. The van der Waals surface area contributed by atoms with E-state index in [1.807, 2.05) is 72.9 Å². The Morgan fingerprint density at radius 1 is 0.818 bits per heavy atom. The number of rotatable bonds is 10. The van der Waals surface area contributed by atoms with Crippen molar-refractivity contribution >= 4 is 28.0 Å². The Bertz CT molecular complexity index is 1860. The first kappa shape index (κ1) is 29.1. The second-order valence-corrected chi connectivity index (χ2v) is 10.5. The van der Waals surface area contributed by atoms with E-state index in [2.05, 4.69) is 5.32 Å². The van der Waals surface area contributed by atoms with Crippen molar-refractivity contribution in [2.24, 2.45) is 0 Å². The molecule has 2 aromatic heterocycles. The summed E-state index contributed by atoms with van der Waals surface area (Å²) in [5.74, 6) is 0.881. The number of aromatic nitrogens is 1. The highest BCUT2D eigenvalue weighted by Crippen LogP contribution is 2.46. The fourth-order valence-electron chi connectivity index (χ4n) is 5.98. The molecule has 0 saturated carbocycles. The van der Waals surface area contributed by atoms with Crippen LogP contribution in [0.5, 0.6) is 23.0 Å².